The highest BCUT2D eigenvalue weighted by atomic mass is 16.5. The van der Waals surface area contributed by atoms with E-state index in [1.165, 1.54) is 11.6 Å². The summed E-state index contributed by atoms with van der Waals surface area (Å²) < 4.78 is 7.47. The minimum Gasteiger partial charge on any atom is -0.381 e. The van der Waals surface area contributed by atoms with E-state index in [0.717, 1.165) is 50.1 Å². The summed E-state index contributed by atoms with van der Waals surface area (Å²) in [6.45, 7) is 16.3. The molecule has 0 spiro atoms. The van der Waals surface area contributed by atoms with E-state index in [0.29, 0.717) is 24.7 Å². The third kappa shape index (κ3) is 5.28. The van der Waals surface area contributed by atoms with E-state index in [4.69, 9.17) is 9.72 Å². The topological polar surface area (TPSA) is 92.6 Å². The fourth-order valence-electron chi connectivity index (χ4n) is 6.13. The van der Waals surface area contributed by atoms with Crippen LogP contribution < -0.4 is 10.9 Å². The molecule has 0 aliphatic carbocycles. The quantitative estimate of drug-likeness (QED) is 0.449. The van der Waals surface area contributed by atoms with Gasteiger partial charge in [-0.05, 0) is 63.8 Å². The highest BCUT2D eigenvalue weighted by Crippen LogP contribution is 2.40. The van der Waals surface area contributed by atoms with Crippen LogP contribution in [0.3, 0.4) is 0 Å². The van der Waals surface area contributed by atoms with Gasteiger partial charge in [0.1, 0.15) is 5.65 Å². The molecule has 2 aliphatic rings. The van der Waals surface area contributed by atoms with Crippen LogP contribution >= 0.6 is 0 Å². The zero-order valence-corrected chi connectivity index (χ0v) is 24.0. The number of anilines is 1. The number of ether oxygens (including phenoxy) is 1. The average molecular weight is 545 g/mol. The Morgan fingerprint density at radius 1 is 1.07 bits per heavy atom. The molecule has 1 N–H and O–H groups in total. The number of nitrogens with zero attached hydrogens (tertiary/aromatic N) is 5. The standard InChI is InChI=1S/C31H40N6O3/c1-6-26(38)35-15-17-36(18-16-35)31(13-19-40-20-14-31)25-10-8-24(9-11-25)30(4,5)34-29-32-21-23-7-12-27(39)37(22(2)3)28(23)33-29/h6-12,21-22H,1,13-20H2,2-5H3,(H,32,33,34). The fourth-order valence-corrected chi connectivity index (χ4v) is 6.13. The van der Waals surface area contributed by atoms with Crippen molar-refractivity contribution in [1.29, 1.82) is 0 Å². The van der Waals surface area contributed by atoms with Crippen LogP contribution in [0.25, 0.3) is 11.0 Å². The molecule has 2 saturated heterocycles. The molecular formula is C31H40N6O3. The van der Waals surface area contributed by atoms with Gasteiger partial charge in [-0.2, -0.15) is 4.98 Å². The Bertz CT molecular complexity index is 1430. The van der Waals surface area contributed by atoms with Crippen LogP contribution in [0.2, 0.25) is 0 Å². The maximum Gasteiger partial charge on any atom is 0.252 e. The Morgan fingerprint density at radius 3 is 2.38 bits per heavy atom. The van der Waals surface area contributed by atoms with Crippen molar-refractivity contribution in [2.24, 2.45) is 0 Å². The molecule has 3 aromatic rings. The highest BCUT2D eigenvalue weighted by molar-refractivity contribution is 5.87. The largest absolute Gasteiger partial charge is 0.381 e. The zero-order chi connectivity index (χ0) is 28.5. The van der Waals surface area contributed by atoms with E-state index < -0.39 is 5.54 Å². The van der Waals surface area contributed by atoms with Gasteiger partial charge in [0, 0.05) is 63.1 Å². The number of hydrogen-bond acceptors (Lipinski definition) is 7. The van der Waals surface area contributed by atoms with E-state index in [1.54, 1.807) is 22.9 Å². The number of pyridine rings is 1. The van der Waals surface area contributed by atoms with Crippen molar-refractivity contribution in [3.05, 3.63) is 76.7 Å². The Morgan fingerprint density at radius 2 is 1.75 bits per heavy atom. The van der Waals surface area contributed by atoms with Gasteiger partial charge < -0.3 is 15.0 Å². The molecule has 0 atom stereocenters. The third-order valence-electron chi connectivity index (χ3n) is 8.44. The van der Waals surface area contributed by atoms with Crippen LogP contribution in [0.5, 0.6) is 0 Å². The van der Waals surface area contributed by atoms with Gasteiger partial charge in [0.2, 0.25) is 11.9 Å². The number of hydrogen-bond donors (Lipinski definition) is 1. The van der Waals surface area contributed by atoms with Crippen molar-refractivity contribution < 1.29 is 9.53 Å². The highest BCUT2D eigenvalue weighted by Gasteiger charge is 2.41. The lowest BCUT2D eigenvalue weighted by Crippen LogP contribution is -2.58. The summed E-state index contributed by atoms with van der Waals surface area (Å²) >= 11 is 0. The van der Waals surface area contributed by atoms with Crippen molar-refractivity contribution in [2.75, 3.05) is 44.7 Å². The van der Waals surface area contributed by atoms with Crippen molar-refractivity contribution >= 4 is 22.9 Å². The number of benzene rings is 1. The number of aromatic nitrogens is 3. The molecule has 1 amide bonds. The number of piperazine rings is 1. The van der Waals surface area contributed by atoms with Crippen LogP contribution in [0.4, 0.5) is 5.95 Å². The van der Waals surface area contributed by atoms with Crippen molar-refractivity contribution in [3.63, 3.8) is 0 Å². The summed E-state index contributed by atoms with van der Waals surface area (Å²) in [6.07, 6.45) is 5.01. The molecule has 2 aromatic heterocycles. The van der Waals surface area contributed by atoms with E-state index in [9.17, 15) is 9.59 Å². The molecule has 0 radical (unpaired) electrons. The van der Waals surface area contributed by atoms with Crippen LogP contribution in [-0.4, -0.2) is 69.6 Å². The number of carbonyl (C=O) groups is 1. The molecule has 0 bridgehead atoms. The van der Waals surface area contributed by atoms with E-state index in [-0.39, 0.29) is 23.0 Å². The molecule has 4 heterocycles. The molecule has 9 heteroatoms. The first kappa shape index (κ1) is 28.0. The Balaban J connectivity index is 1.39. The van der Waals surface area contributed by atoms with E-state index in [1.807, 2.05) is 18.7 Å². The second-order valence-corrected chi connectivity index (χ2v) is 11.6. The van der Waals surface area contributed by atoms with Gasteiger partial charge in [0.25, 0.3) is 5.56 Å². The number of fused-ring (bicyclic) bond motifs is 1. The van der Waals surface area contributed by atoms with E-state index >= 15 is 0 Å². The summed E-state index contributed by atoms with van der Waals surface area (Å²) in [5.74, 6) is 0.483. The predicted molar refractivity (Wildman–Crippen MR) is 157 cm³/mol. The lowest BCUT2D eigenvalue weighted by atomic mass is 9.79. The van der Waals surface area contributed by atoms with Crippen molar-refractivity contribution in [1.82, 2.24) is 24.3 Å². The zero-order valence-electron chi connectivity index (χ0n) is 24.0. The monoisotopic (exact) mass is 544 g/mol. The van der Waals surface area contributed by atoms with Gasteiger partial charge in [-0.15, -0.1) is 0 Å². The van der Waals surface area contributed by atoms with Crippen LogP contribution in [0, 0.1) is 0 Å². The van der Waals surface area contributed by atoms with Crippen LogP contribution in [0.15, 0.2) is 60.0 Å². The Hall–Kier alpha value is -3.56. The van der Waals surface area contributed by atoms with Gasteiger partial charge in [0.15, 0.2) is 0 Å². The van der Waals surface area contributed by atoms with Gasteiger partial charge in [0.05, 0.1) is 11.1 Å². The number of rotatable bonds is 7. The first-order valence-corrected chi connectivity index (χ1v) is 14.2. The second-order valence-electron chi connectivity index (χ2n) is 11.6. The summed E-state index contributed by atoms with van der Waals surface area (Å²) in [7, 11) is 0. The second kappa shape index (κ2) is 11.1. The van der Waals surface area contributed by atoms with Gasteiger partial charge in [-0.1, -0.05) is 30.8 Å². The molecule has 1 aromatic carbocycles. The van der Waals surface area contributed by atoms with Gasteiger partial charge >= 0.3 is 0 Å². The summed E-state index contributed by atoms with van der Waals surface area (Å²) in [4.78, 5) is 38.3. The molecule has 2 fully saturated rings. The normalized spacial score (nSPS) is 18.2. The number of amides is 1. The SMILES string of the molecule is C=CC(=O)N1CCN(C2(c3ccc(C(C)(C)Nc4ncc5ccc(=O)n(C(C)C)c5n4)cc3)CCOCC2)CC1. The van der Waals surface area contributed by atoms with Gasteiger partial charge in [-0.3, -0.25) is 19.1 Å². The Labute approximate surface area is 235 Å². The molecule has 9 nitrogen and oxygen atoms in total. The smallest absolute Gasteiger partial charge is 0.252 e. The molecule has 5 rings (SSSR count). The molecular weight excluding hydrogens is 504 g/mol. The molecule has 2 aliphatic heterocycles. The minimum atomic E-state index is -0.455. The maximum atomic E-state index is 12.5. The molecule has 40 heavy (non-hydrogen) atoms. The summed E-state index contributed by atoms with van der Waals surface area (Å²) in [6, 6.07) is 12.2. The summed E-state index contributed by atoms with van der Waals surface area (Å²) in [5, 5.41) is 4.32. The van der Waals surface area contributed by atoms with Crippen molar-refractivity contribution in [3.8, 4) is 0 Å². The first-order chi connectivity index (χ1) is 19.1. The Kier molecular flexibility index (Phi) is 7.79. The number of carbonyl (C=O) groups excluding carboxylic acids is 1. The van der Waals surface area contributed by atoms with Gasteiger partial charge in [-0.25, -0.2) is 4.98 Å². The van der Waals surface area contributed by atoms with Crippen LogP contribution in [-0.2, 0) is 20.6 Å². The van der Waals surface area contributed by atoms with E-state index in [2.05, 4.69) is 59.9 Å². The molecule has 212 valence electrons. The van der Waals surface area contributed by atoms with Crippen molar-refractivity contribution in [2.45, 2.75) is 57.7 Å². The maximum absolute atomic E-state index is 12.5. The summed E-state index contributed by atoms with van der Waals surface area (Å²) in [5.41, 5.74) is 2.38. The minimum absolute atomic E-state index is 0.00245. The fraction of sp³-hybridized carbons (Fsp3) is 0.484. The number of nitrogens with one attached hydrogen (secondary N) is 1. The predicted octanol–water partition coefficient (Wildman–Crippen LogP) is 4.06. The lowest BCUT2D eigenvalue weighted by molar-refractivity contribution is -0.130. The molecule has 0 saturated carbocycles. The lowest BCUT2D eigenvalue weighted by Gasteiger charge is -2.50. The van der Waals surface area contributed by atoms with Crippen LogP contribution in [0.1, 0.15) is 57.7 Å². The average Bonchev–Trinajstić information content (AvgIpc) is 2.96. The first-order valence-electron chi connectivity index (χ1n) is 14.2. The molecule has 0 unspecified atom stereocenters. The third-order valence-corrected chi connectivity index (χ3v) is 8.44.